The molecule has 1 aromatic rings. The average molecular weight is 267 g/mol. The number of aromatic nitrogens is 1. The summed E-state index contributed by atoms with van der Waals surface area (Å²) in [7, 11) is 2.23. The van der Waals surface area contributed by atoms with Crippen LogP contribution in [0.1, 0.15) is 41.3 Å². The molecule has 1 aromatic heterocycles. The lowest BCUT2D eigenvalue weighted by Crippen LogP contribution is -2.42. The van der Waals surface area contributed by atoms with Crippen molar-refractivity contribution in [2.75, 3.05) is 13.6 Å². The Morgan fingerprint density at radius 1 is 1.33 bits per heavy atom. The van der Waals surface area contributed by atoms with Crippen LogP contribution in [0.5, 0.6) is 0 Å². The topological polar surface area (TPSA) is 42.2 Å². The van der Waals surface area contributed by atoms with Crippen molar-refractivity contribution in [1.29, 1.82) is 0 Å². The van der Waals surface area contributed by atoms with Gasteiger partial charge in [-0.2, -0.15) is 0 Å². The maximum Gasteiger partial charge on any atom is 0.107 e. The number of aryl methyl sites for hydroxylation is 2. The van der Waals surface area contributed by atoms with Crippen LogP contribution in [0.25, 0.3) is 0 Å². The molecule has 0 amide bonds. The van der Waals surface area contributed by atoms with Gasteiger partial charge < -0.3 is 5.73 Å². The van der Waals surface area contributed by atoms with Gasteiger partial charge in [0.05, 0.1) is 12.2 Å². The lowest BCUT2D eigenvalue weighted by molar-refractivity contribution is 0.127. The van der Waals surface area contributed by atoms with Crippen LogP contribution in [-0.2, 0) is 6.54 Å². The maximum atomic E-state index is 5.91. The Balaban J connectivity index is 1.99. The standard InChI is InChI=1S/C14H25N3S/c1-10-11(2)18-14(16-10)9-17(3)13-7-5-4-6-12(13)8-15/h12-13H,4-9,15H2,1-3H3. The molecule has 3 nitrogen and oxygen atoms in total. The van der Waals surface area contributed by atoms with Crippen molar-refractivity contribution >= 4 is 11.3 Å². The number of nitrogens with zero attached hydrogens (tertiary/aromatic N) is 2. The van der Waals surface area contributed by atoms with Gasteiger partial charge in [0.2, 0.25) is 0 Å². The highest BCUT2D eigenvalue weighted by molar-refractivity contribution is 7.11. The molecule has 0 spiro atoms. The van der Waals surface area contributed by atoms with Gasteiger partial charge in [0, 0.05) is 10.9 Å². The van der Waals surface area contributed by atoms with Gasteiger partial charge in [-0.3, -0.25) is 4.90 Å². The molecule has 102 valence electrons. The van der Waals surface area contributed by atoms with E-state index in [-0.39, 0.29) is 0 Å². The predicted octanol–water partition coefficient (Wildman–Crippen LogP) is 2.71. The summed E-state index contributed by atoms with van der Waals surface area (Å²) in [5, 5.41) is 1.24. The van der Waals surface area contributed by atoms with Crippen molar-refractivity contribution in [3.05, 3.63) is 15.6 Å². The second-order valence-electron chi connectivity index (χ2n) is 5.51. The molecule has 2 rings (SSSR count). The van der Waals surface area contributed by atoms with Gasteiger partial charge in [-0.25, -0.2) is 4.98 Å². The fourth-order valence-electron chi connectivity index (χ4n) is 2.98. The van der Waals surface area contributed by atoms with Gasteiger partial charge >= 0.3 is 0 Å². The number of hydrogen-bond donors (Lipinski definition) is 1. The van der Waals surface area contributed by atoms with Gasteiger partial charge in [0.25, 0.3) is 0 Å². The van der Waals surface area contributed by atoms with Crippen LogP contribution < -0.4 is 5.73 Å². The van der Waals surface area contributed by atoms with E-state index in [0.29, 0.717) is 12.0 Å². The van der Waals surface area contributed by atoms with Crippen LogP contribution in [0.3, 0.4) is 0 Å². The first kappa shape index (κ1) is 14.0. The zero-order valence-corrected chi connectivity index (χ0v) is 12.6. The van der Waals surface area contributed by atoms with E-state index in [2.05, 4.69) is 30.8 Å². The predicted molar refractivity (Wildman–Crippen MR) is 77.9 cm³/mol. The second kappa shape index (κ2) is 6.13. The third-order valence-electron chi connectivity index (χ3n) is 4.20. The molecule has 4 heteroatoms. The summed E-state index contributed by atoms with van der Waals surface area (Å²) < 4.78 is 0. The Morgan fingerprint density at radius 3 is 2.67 bits per heavy atom. The van der Waals surface area contributed by atoms with Crippen molar-refractivity contribution < 1.29 is 0 Å². The fourth-order valence-corrected chi connectivity index (χ4v) is 3.98. The quantitative estimate of drug-likeness (QED) is 0.912. The summed E-state index contributed by atoms with van der Waals surface area (Å²) in [4.78, 5) is 8.45. The highest BCUT2D eigenvalue weighted by atomic mass is 32.1. The lowest BCUT2D eigenvalue weighted by Gasteiger charge is -2.37. The molecule has 1 aliphatic rings. The molecule has 1 saturated carbocycles. The molecule has 18 heavy (non-hydrogen) atoms. The molecular formula is C14H25N3S. The van der Waals surface area contributed by atoms with Crippen LogP contribution in [-0.4, -0.2) is 29.5 Å². The normalized spacial score (nSPS) is 24.7. The van der Waals surface area contributed by atoms with E-state index in [1.54, 1.807) is 0 Å². The summed E-state index contributed by atoms with van der Waals surface area (Å²) in [5.41, 5.74) is 7.10. The van der Waals surface area contributed by atoms with Crippen LogP contribution in [0.2, 0.25) is 0 Å². The Bertz CT molecular complexity index is 369. The van der Waals surface area contributed by atoms with Crippen molar-refractivity contribution in [3.63, 3.8) is 0 Å². The van der Waals surface area contributed by atoms with Crippen LogP contribution in [0, 0.1) is 19.8 Å². The van der Waals surface area contributed by atoms with Crippen LogP contribution >= 0.6 is 11.3 Å². The Kier molecular flexibility index (Phi) is 4.76. The summed E-state index contributed by atoms with van der Waals surface area (Å²) in [6.07, 6.45) is 5.28. The molecule has 0 saturated heterocycles. The molecule has 1 aliphatic carbocycles. The largest absolute Gasteiger partial charge is 0.330 e. The summed E-state index contributed by atoms with van der Waals surface area (Å²) in [6, 6.07) is 0.647. The molecule has 2 unspecified atom stereocenters. The van der Waals surface area contributed by atoms with E-state index >= 15 is 0 Å². The van der Waals surface area contributed by atoms with E-state index < -0.39 is 0 Å². The van der Waals surface area contributed by atoms with Crippen molar-refractivity contribution in [2.24, 2.45) is 11.7 Å². The first-order valence-corrected chi connectivity index (χ1v) is 7.76. The Hall–Kier alpha value is -0.450. The minimum atomic E-state index is 0.647. The summed E-state index contributed by atoms with van der Waals surface area (Å²) in [6.45, 7) is 6.05. The van der Waals surface area contributed by atoms with E-state index in [1.807, 2.05) is 11.3 Å². The first-order valence-electron chi connectivity index (χ1n) is 6.95. The molecule has 0 aliphatic heterocycles. The highest BCUT2D eigenvalue weighted by Crippen LogP contribution is 2.28. The van der Waals surface area contributed by atoms with Crippen molar-refractivity contribution in [1.82, 2.24) is 9.88 Å². The molecule has 1 fully saturated rings. The summed E-state index contributed by atoms with van der Waals surface area (Å²) in [5.74, 6) is 0.672. The molecule has 0 aromatic carbocycles. The Morgan fingerprint density at radius 2 is 2.06 bits per heavy atom. The molecule has 2 atom stereocenters. The zero-order valence-electron chi connectivity index (χ0n) is 11.8. The van der Waals surface area contributed by atoms with E-state index in [9.17, 15) is 0 Å². The highest BCUT2D eigenvalue weighted by Gasteiger charge is 2.27. The fraction of sp³-hybridized carbons (Fsp3) is 0.786. The second-order valence-corrected chi connectivity index (χ2v) is 6.80. The number of nitrogens with two attached hydrogens (primary N) is 1. The number of rotatable bonds is 4. The van der Waals surface area contributed by atoms with Gasteiger partial charge in [-0.05, 0) is 46.2 Å². The molecule has 1 heterocycles. The first-order chi connectivity index (χ1) is 8.61. The van der Waals surface area contributed by atoms with Crippen molar-refractivity contribution in [3.8, 4) is 0 Å². The Labute approximate surface area is 114 Å². The third kappa shape index (κ3) is 3.11. The number of thiazole rings is 1. The molecule has 2 N–H and O–H groups in total. The van der Waals surface area contributed by atoms with E-state index in [1.165, 1.54) is 41.3 Å². The van der Waals surface area contributed by atoms with Crippen LogP contribution in [0.15, 0.2) is 0 Å². The average Bonchev–Trinajstić information content (AvgIpc) is 2.68. The van der Waals surface area contributed by atoms with Crippen molar-refractivity contribution in [2.45, 2.75) is 52.1 Å². The van der Waals surface area contributed by atoms with E-state index in [4.69, 9.17) is 5.73 Å². The SMILES string of the molecule is Cc1nc(CN(C)C2CCCCC2CN)sc1C. The molecule has 0 radical (unpaired) electrons. The van der Waals surface area contributed by atoms with Gasteiger partial charge in [0.15, 0.2) is 0 Å². The molecule has 0 bridgehead atoms. The third-order valence-corrected chi connectivity index (χ3v) is 5.25. The monoisotopic (exact) mass is 267 g/mol. The van der Waals surface area contributed by atoms with Gasteiger partial charge in [-0.1, -0.05) is 12.8 Å². The van der Waals surface area contributed by atoms with Gasteiger partial charge in [0.1, 0.15) is 5.01 Å². The van der Waals surface area contributed by atoms with Crippen LogP contribution in [0.4, 0.5) is 0 Å². The maximum absolute atomic E-state index is 5.91. The minimum Gasteiger partial charge on any atom is -0.330 e. The van der Waals surface area contributed by atoms with Gasteiger partial charge in [-0.15, -0.1) is 11.3 Å². The number of hydrogen-bond acceptors (Lipinski definition) is 4. The molecular weight excluding hydrogens is 242 g/mol. The minimum absolute atomic E-state index is 0.647. The zero-order chi connectivity index (χ0) is 13.1. The smallest absolute Gasteiger partial charge is 0.107 e. The lowest BCUT2D eigenvalue weighted by atomic mass is 9.84. The summed E-state index contributed by atoms with van der Waals surface area (Å²) >= 11 is 1.83. The van der Waals surface area contributed by atoms with E-state index in [0.717, 1.165) is 13.1 Å².